The molecule has 1 amide bonds. The van der Waals surface area contributed by atoms with E-state index in [0.717, 1.165) is 37.2 Å². The van der Waals surface area contributed by atoms with E-state index in [4.69, 9.17) is 0 Å². The Morgan fingerprint density at radius 1 is 1.17 bits per heavy atom. The molecule has 0 radical (unpaired) electrons. The molecule has 3 rings (SSSR count). The van der Waals surface area contributed by atoms with Crippen LogP contribution in [0.25, 0.3) is 5.69 Å². The SMILES string of the molecule is Cc1ccccc1-n1nnnc1S[C@H](C)C(=O)N1CCCCCC1. The Balaban J connectivity index is 1.73. The molecule has 1 aliphatic heterocycles. The van der Waals surface area contributed by atoms with Crippen molar-refractivity contribution in [3.8, 4) is 5.69 Å². The summed E-state index contributed by atoms with van der Waals surface area (Å²) in [4.78, 5) is 14.7. The molecule has 1 saturated heterocycles. The Morgan fingerprint density at radius 3 is 2.58 bits per heavy atom. The molecule has 24 heavy (non-hydrogen) atoms. The topological polar surface area (TPSA) is 63.9 Å². The molecule has 7 heteroatoms. The van der Waals surface area contributed by atoms with Crippen LogP contribution in [0.2, 0.25) is 0 Å². The van der Waals surface area contributed by atoms with Crippen LogP contribution in [-0.4, -0.2) is 49.4 Å². The number of nitrogens with zero attached hydrogens (tertiary/aromatic N) is 5. The zero-order chi connectivity index (χ0) is 16.9. The molecule has 0 saturated carbocycles. The molecule has 6 nitrogen and oxygen atoms in total. The number of thioether (sulfide) groups is 1. The number of benzene rings is 1. The first kappa shape index (κ1) is 17.0. The summed E-state index contributed by atoms with van der Waals surface area (Å²) in [6.07, 6.45) is 4.64. The minimum Gasteiger partial charge on any atom is -0.342 e. The Hall–Kier alpha value is -1.89. The summed E-state index contributed by atoms with van der Waals surface area (Å²) in [5, 5.41) is 12.5. The van der Waals surface area contributed by atoms with E-state index in [1.54, 1.807) is 4.68 Å². The number of rotatable bonds is 4. The van der Waals surface area contributed by atoms with Crippen molar-refractivity contribution in [2.75, 3.05) is 13.1 Å². The molecule has 0 unspecified atom stereocenters. The number of amides is 1. The molecule has 2 aromatic rings. The van der Waals surface area contributed by atoms with Gasteiger partial charge in [-0.15, -0.1) is 5.10 Å². The Morgan fingerprint density at radius 2 is 1.88 bits per heavy atom. The van der Waals surface area contributed by atoms with Gasteiger partial charge in [-0.25, -0.2) is 0 Å². The van der Waals surface area contributed by atoms with E-state index in [9.17, 15) is 4.79 Å². The zero-order valence-corrected chi connectivity index (χ0v) is 15.0. The van der Waals surface area contributed by atoms with Crippen LogP contribution in [0.1, 0.15) is 38.2 Å². The highest BCUT2D eigenvalue weighted by atomic mass is 32.2. The lowest BCUT2D eigenvalue weighted by molar-refractivity contribution is -0.130. The van der Waals surface area contributed by atoms with Gasteiger partial charge in [-0.2, -0.15) is 4.68 Å². The van der Waals surface area contributed by atoms with Gasteiger partial charge in [-0.1, -0.05) is 42.8 Å². The van der Waals surface area contributed by atoms with E-state index in [1.165, 1.54) is 24.6 Å². The van der Waals surface area contributed by atoms with Gasteiger partial charge >= 0.3 is 0 Å². The minimum absolute atomic E-state index is 0.182. The first-order valence-corrected chi connectivity index (χ1v) is 9.34. The number of para-hydroxylation sites is 1. The molecule has 0 bridgehead atoms. The number of likely N-dealkylation sites (tertiary alicyclic amines) is 1. The number of carbonyl (C=O) groups excluding carboxylic acids is 1. The van der Waals surface area contributed by atoms with Crippen LogP contribution in [0, 0.1) is 6.92 Å². The van der Waals surface area contributed by atoms with Crippen molar-refractivity contribution in [1.29, 1.82) is 0 Å². The van der Waals surface area contributed by atoms with Gasteiger partial charge in [0.05, 0.1) is 10.9 Å². The van der Waals surface area contributed by atoms with E-state index in [2.05, 4.69) is 15.5 Å². The van der Waals surface area contributed by atoms with E-state index >= 15 is 0 Å². The predicted molar refractivity (Wildman–Crippen MR) is 94.3 cm³/mol. The smallest absolute Gasteiger partial charge is 0.235 e. The average molecular weight is 345 g/mol. The summed E-state index contributed by atoms with van der Waals surface area (Å²) >= 11 is 1.42. The van der Waals surface area contributed by atoms with Gasteiger partial charge in [0, 0.05) is 13.1 Å². The number of hydrogen-bond acceptors (Lipinski definition) is 5. The molecule has 1 aromatic heterocycles. The number of aryl methyl sites for hydroxylation is 1. The summed E-state index contributed by atoms with van der Waals surface area (Å²) in [5.41, 5.74) is 2.04. The number of carbonyl (C=O) groups is 1. The zero-order valence-electron chi connectivity index (χ0n) is 14.2. The fourth-order valence-electron chi connectivity index (χ4n) is 2.96. The third-order valence-electron chi connectivity index (χ3n) is 4.33. The van der Waals surface area contributed by atoms with Crippen molar-refractivity contribution < 1.29 is 4.79 Å². The Bertz CT molecular complexity index is 694. The number of aromatic nitrogens is 4. The van der Waals surface area contributed by atoms with E-state index in [0.29, 0.717) is 5.16 Å². The van der Waals surface area contributed by atoms with Gasteiger partial charge in [-0.05, 0) is 48.7 Å². The van der Waals surface area contributed by atoms with Crippen molar-refractivity contribution in [3.63, 3.8) is 0 Å². The molecule has 1 fully saturated rings. The number of hydrogen-bond donors (Lipinski definition) is 0. The highest BCUT2D eigenvalue weighted by Crippen LogP contribution is 2.26. The summed E-state index contributed by atoms with van der Waals surface area (Å²) in [6, 6.07) is 7.96. The maximum atomic E-state index is 12.7. The van der Waals surface area contributed by atoms with Crippen molar-refractivity contribution in [3.05, 3.63) is 29.8 Å². The van der Waals surface area contributed by atoms with E-state index in [1.807, 2.05) is 43.0 Å². The van der Waals surface area contributed by atoms with Crippen LogP contribution in [0.15, 0.2) is 29.4 Å². The maximum absolute atomic E-state index is 12.7. The second-order valence-corrected chi connectivity index (χ2v) is 7.47. The summed E-state index contributed by atoms with van der Waals surface area (Å²) in [5.74, 6) is 0.182. The third kappa shape index (κ3) is 3.77. The molecule has 1 atom stereocenters. The van der Waals surface area contributed by atoms with E-state index in [-0.39, 0.29) is 11.2 Å². The maximum Gasteiger partial charge on any atom is 0.235 e. The van der Waals surface area contributed by atoms with Crippen LogP contribution in [-0.2, 0) is 4.79 Å². The van der Waals surface area contributed by atoms with Crippen LogP contribution < -0.4 is 0 Å². The lowest BCUT2D eigenvalue weighted by atomic mass is 10.2. The second kappa shape index (κ2) is 7.79. The highest BCUT2D eigenvalue weighted by Gasteiger charge is 2.24. The van der Waals surface area contributed by atoms with Crippen LogP contribution in [0.3, 0.4) is 0 Å². The van der Waals surface area contributed by atoms with Crippen molar-refractivity contribution >= 4 is 17.7 Å². The van der Waals surface area contributed by atoms with Crippen LogP contribution in [0.4, 0.5) is 0 Å². The lowest BCUT2D eigenvalue weighted by Crippen LogP contribution is -2.37. The van der Waals surface area contributed by atoms with Crippen molar-refractivity contribution in [2.24, 2.45) is 0 Å². The quantitative estimate of drug-likeness (QED) is 0.797. The molecule has 1 aliphatic rings. The summed E-state index contributed by atoms with van der Waals surface area (Å²) in [7, 11) is 0. The van der Waals surface area contributed by atoms with Crippen LogP contribution in [0.5, 0.6) is 0 Å². The summed E-state index contributed by atoms with van der Waals surface area (Å²) in [6.45, 7) is 5.70. The highest BCUT2D eigenvalue weighted by molar-refractivity contribution is 8.00. The van der Waals surface area contributed by atoms with Crippen molar-refractivity contribution in [1.82, 2.24) is 25.1 Å². The monoisotopic (exact) mass is 345 g/mol. The first-order valence-electron chi connectivity index (χ1n) is 8.46. The fraction of sp³-hybridized carbons (Fsp3) is 0.529. The molecule has 0 spiro atoms. The van der Waals surface area contributed by atoms with Crippen LogP contribution >= 0.6 is 11.8 Å². The molecule has 2 heterocycles. The summed E-state index contributed by atoms with van der Waals surface area (Å²) < 4.78 is 1.71. The minimum atomic E-state index is -0.197. The van der Waals surface area contributed by atoms with Gasteiger partial charge < -0.3 is 4.90 Å². The van der Waals surface area contributed by atoms with Gasteiger partial charge in [0.15, 0.2) is 0 Å². The molecule has 0 aliphatic carbocycles. The third-order valence-corrected chi connectivity index (χ3v) is 5.35. The Labute approximate surface area is 146 Å². The van der Waals surface area contributed by atoms with Gasteiger partial charge in [0.25, 0.3) is 0 Å². The first-order chi connectivity index (χ1) is 11.7. The molecule has 0 N–H and O–H groups in total. The van der Waals surface area contributed by atoms with Gasteiger partial charge in [0.2, 0.25) is 11.1 Å². The van der Waals surface area contributed by atoms with Gasteiger partial charge in [-0.3, -0.25) is 4.79 Å². The molecular formula is C17H23N5OS. The number of tetrazole rings is 1. The largest absolute Gasteiger partial charge is 0.342 e. The standard InChI is InChI=1S/C17H23N5OS/c1-13-9-5-6-10-15(13)22-17(18-19-20-22)24-14(2)16(23)21-11-7-3-4-8-12-21/h5-6,9-10,14H,3-4,7-8,11-12H2,1-2H3/t14-/m1/s1. The lowest BCUT2D eigenvalue weighted by Gasteiger charge is -2.23. The van der Waals surface area contributed by atoms with E-state index < -0.39 is 0 Å². The molecular weight excluding hydrogens is 322 g/mol. The fourth-order valence-corrected chi connectivity index (χ4v) is 3.85. The average Bonchev–Trinajstić information content (AvgIpc) is 2.86. The van der Waals surface area contributed by atoms with Gasteiger partial charge in [0.1, 0.15) is 0 Å². The predicted octanol–water partition coefficient (Wildman–Crippen LogP) is 2.85. The molecule has 1 aromatic carbocycles. The van der Waals surface area contributed by atoms with Crippen molar-refractivity contribution in [2.45, 2.75) is 49.9 Å². The second-order valence-electron chi connectivity index (χ2n) is 6.16. The molecule has 128 valence electrons. The normalized spacial score (nSPS) is 16.7. The Kier molecular flexibility index (Phi) is 5.50.